The van der Waals surface area contributed by atoms with E-state index in [0.717, 1.165) is 57.1 Å². The Bertz CT molecular complexity index is 385. The van der Waals surface area contributed by atoms with E-state index >= 15 is 0 Å². The van der Waals surface area contributed by atoms with Crippen LogP contribution in [0, 0.1) is 5.92 Å². The molecule has 3 rings (SSSR count). The number of aryl methyl sites for hydroxylation is 1. The molecule has 2 aliphatic heterocycles. The summed E-state index contributed by atoms with van der Waals surface area (Å²) in [6, 6.07) is 0. The van der Waals surface area contributed by atoms with Gasteiger partial charge in [0.1, 0.15) is 6.10 Å². The van der Waals surface area contributed by atoms with Crippen LogP contribution in [0.25, 0.3) is 0 Å². The fraction of sp³-hybridized carbons (Fsp3) is 0.833. The Morgan fingerprint density at radius 1 is 1.35 bits per heavy atom. The van der Waals surface area contributed by atoms with Crippen molar-refractivity contribution in [1.82, 2.24) is 14.8 Å². The van der Waals surface area contributed by atoms with Crippen molar-refractivity contribution in [3.63, 3.8) is 0 Å². The third-order valence-electron chi connectivity index (χ3n) is 3.62. The first-order valence-corrected chi connectivity index (χ1v) is 6.52. The van der Waals surface area contributed by atoms with Gasteiger partial charge >= 0.3 is 0 Å². The highest BCUT2D eigenvalue weighted by Gasteiger charge is 2.23. The molecule has 0 bridgehead atoms. The molecule has 1 aromatic rings. The number of aromatic nitrogens is 3. The van der Waals surface area contributed by atoms with Gasteiger partial charge in [0, 0.05) is 26.2 Å². The Hall–Kier alpha value is -0.940. The lowest BCUT2D eigenvalue weighted by Crippen LogP contribution is -2.19. The molecule has 2 unspecified atom stereocenters. The second kappa shape index (κ2) is 4.74. The summed E-state index contributed by atoms with van der Waals surface area (Å²) in [5, 5.41) is 14.3. The SMILES string of the molecule is OC1CCCn2nc(CC3CCCOC3)nc21. The molecule has 0 saturated carbocycles. The standard InChI is InChI=1S/C12H19N3O2/c16-10-4-1-5-15-12(10)13-11(14-15)7-9-3-2-6-17-8-9/h9-10,16H,1-8H2. The topological polar surface area (TPSA) is 60.2 Å². The number of ether oxygens (including phenoxy) is 1. The Labute approximate surface area is 101 Å². The molecule has 5 heteroatoms. The van der Waals surface area contributed by atoms with E-state index in [2.05, 4.69) is 10.1 Å². The molecular weight excluding hydrogens is 218 g/mol. The molecule has 1 aromatic heterocycles. The van der Waals surface area contributed by atoms with Gasteiger partial charge in [-0.15, -0.1) is 0 Å². The summed E-state index contributed by atoms with van der Waals surface area (Å²) in [4.78, 5) is 4.47. The number of aliphatic hydroxyl groups is 1. The van der Waals surface area contributed by atoms with Crippen LogP contribution in [0.3, 0.4) is 0 Å². The van der Waals surface area contributed by atoms with Crippen molar-refractivity contribution in [1.29, 1.82) is 0 Å². The molecule has 0 aromatic carbocycles. The van der Waals surface area contributed by atoms with Gasteiger partial charge in [0.05, 0.1) is 0 Å². The van der Waals surface area contributed by atoms with Crippen LogP contribution in [0.2, 0.25) is 0 Å². The highest BCUT2D eigenvalue weighted by Crippen LogP contribution is 2.24. The zero-order valence-electron chi connectivity index (χ0n) is 10.0. The fourth-order valence-corrected chi connectivity index (χ4v) is 2.69. The average Bonchev–Trinajstić information content (AvgIpc) is 2.74. The van der Waals surface area contributed by atoms with Crippen molar-refractivity contribution in [3.8, 4) is 0 Å². The van der Waals surface area contributed by atoms with Crippen molar-refractivity contribution < 1.29 is 9.84 Å². The van der Waals surface area contributed by atoms with E-state index in [1.54, 1.807) is 0 Å². The van der Waals surface area contributed by atoms with Gasteiger partial charge in [-0.2, -0.15) is 5.10 Å². The molecule has 3 heterocycles. The lowest BCUT2D eigenvalue weighted by Gasteiger charge is -2.20. The minimum atomic E-state index is -0.424. The zero-order chi connectivity index (χ0) is 11.7. The number of rotatable bonds is 2. The van der Waals surface area contributed by atoms with E-state index in [4.69, 9.17) is 4.74 Å². The van der Waals surface area contributed by atoms with E-state index in [1.165, 1.54) is 6.42 Å². The van der Waals surface area contributed by atoms with Gasteiger partial charge in [0.15, 0.2) is 11.6 Å². The Morgan fingerprint density at radius 3 is 3.06 bits per heavy atom. The molecule has 17 heavy (non-hydrogen) atoms. The monoisotopic (exact) mass is 237 g/mol. The van der Waals surface area contributed by atoms with E-state index in [9.17, 15) is 5.11 Å². The van der Waals surface area contributed by atoms with Gasteiger partial charge in [-0.1, -0.05) is 0 Å². The molecule has 1 N–H and O–H groups in total. The van der Waals surface area contributed by atoms with E-state index < -0.39 is 6.10 Å². The normalized spacial score (nSPS) is 29.0. The zero-order valence-corrected chi connectivity index (χ0v) is 10.0. The van der Waals surface area contributed by atoms with Crippen LogP contribution in [0.4, 0.5) is 0 Å². The van der Waals surface area contributed by atoms with Crippen molar-refractivity contribution in [2.45, 2.75) is 44.8 Å². The van der Waals surface area contributed by atoms with Crippen LogP contribution in [-0.4, -0.2) is 33.1 Å². The van der Waals surface area contributed by atoms with Gasteiger partial charge in [-0.25, -0.2) is 9.67 Å². The maximum atomic E-state index is 9.83. The maximum Gasteiger partial charge on any atom is 0.156 e. The first kappa shape index (κ1) is 11.2. The van der Waals surface area contributed by atoms with Crippen LogP contribution in [0.15, 0.2) is 0 Å². The van der Waals surface area contributed by atoms with Crippen molar-refractivity contribution in [3.05, 3.63) is 11.6 Å². The second-order valence-corrected chi connectivity index (χ2v) is 5.05. The second-order valence-electron chi connectivity index (χ2n) is 5.05. The number of fused-ring (bicyclic) bond motifs is 1. The van der Waals surface area contributed by atoms with E-state index in [1.807, 2.05) is 4.68 Å². The fourth-order valence-electron chi connectivity index (χ4n) is 2.69. The maximum absolute atomic E-state index is 9.83. The molecular formula is C12H19N3O2. The summed E-state index contributed by atoms with van der Waals surface area (Å²) in [5.74, 6) is 2.17. The highest BCUT2D eigenvalue weighted by molar-refractivity contribution is 5.00. The third kappa shape index (κ3) is 2.35. The first-order chi connectivity index (χ1) is 8.33. The lowest BCUT2D eigenvalue weighted by atomic mass is 9.98. The third-order valence-corrected chi connectivity index (χ3v) is 3.62. The largest absolute Gasteiger partial charge is 0.385 e. The Balaban J connectivity index is 1.71. The molecule has 2 atom stereocenters. The number of nitrogens with zero attached hydrogens (tertiary/aromatic N) is 3. The molecule has 5 nitrogen and oxygen atoms in total. The van der Waals surface area contributed by atoms with Crippen LogP contribution in [-0.2, 0) is 17.7 Å². The summed E-state index contributed by atoms with van der Waals surface area (Å²) >= 11 is 0. The van der Waals surface area contributed by atoms with Gasteiger partial charge < -0.3 is 9.84 Å². The van der Waals surface area contributed by atoms with Crippen LogP contribution < -0.4 is 0 Å². The summed E-state index contributed by atoms with van der Waals surface area (Å²) < 4.78 is 7.33. The molecule has 0 radical (unpaired) electrons. The molecule has 0 aliphatic carbocycles. The van der Waals surface area contributed by atoms with Crippen molar-refractivity contribution in [2.24, 2.45) is 5.92 Å². The highest BCUT2D eigenvalue weighted by atomic mass is 16.5. The predicted molar refractivity (Wildman–Crippen MR) is 61.5 cm³/mol. The van der Waals surface area contributed by atoms with E-state index in [-0.39, 0.29) is 0 Å². The number of hydrogen-bond acceptors (Lipinski definition) is 4. The molecule has 94 valence electrons. The van der Waals surface area contributed by atoms with Crippen molar-refractivity contribution >= 4 is 0 Å². The molecule has 0 spiro atoms. The number of aliphatic hydroxyl groups excluding tert-OH is 1. The summed E-state index contributed by atoms with van der Waals surface area (Å²) in [5.41, 5.74) is 0. The summed E-state index contributed by atoms with van der Waals surface area (Å²) in [6.45, 7) is 2.61. The van der Waals surface area contributed by atoms with Crippen LogP contribution in [0.5, 0.6) is 0 Å². The van der Waals surface area contributed by atoms with Crippen LogP contribution in [0.1, 0.15) is 43.4 Å². The summed E-state index contributed by atoms with van der Waals surface area (Å²) in [7, 11) is 0. The summed E-state index contributed by atoms with van der Waals surface area (Å²) in [6.07, 6.45) is 4.60. The van der Waals surface area contributed by atoms with Crippen molar-refractivity contribution in [2.75, 3.05) is 13.2 Å². The molecule has 1 fully saturated rings. The smallest absolute Gasteiger partial charge is 0.156 e. The van der Waals surface area contributed by atoms with Gasteiger partial charge in [0.25, 0.3) is 0 Å². The van der Waals surface area contributed by atoms with Gasteiger partial charge in [-0.3, -0.25) is 0 Å². The molecule has 0 amide bonds. The average molecular weight is 237 g/mol. The molecule has 1 saturated heterocycles. The lowest BCUT2D eigenvalue weighted by molar-refractivity contribution is 0.0543. The Kier molecular flexibility index (Phi) is 3.11. The minimum Gasteiger partial charge on any atom is -0.385 e. The number of hydrogen-bond donors (Lipinski definition) is 1. The van der Waals surface area contributed by atoms with E-state index in [0.29, 0.717) is 5.92 Å². The van der Waals surface area contributed by atoms with Gasteiger partial charge in [-0.05, 0) is 31.6 Å². The van der Waals surface area contributed by atoms with Crippen LogP contribution >= 0.6 is 0 Å². The minimum absolute atomic E-state index is 0.424. The Morgan fingerprint density at radius 2 is 2.29 bits per heavy atom. The molecule has 2 aliphatic rings. The quantitative estimate of drug-likeness (QED) is 0.836. The van der Waals surface area contributed by atoms with Gasteiger partial charge in [0.2, 0.25) is 0 Å². The predicted octanol–water partition coefficient (Wildman–Crippen LogP) is 1.07. The first-order valence-electron chi connectivity index (χ1n) is 6.52.